The average molecular weight is 304 g/mol. The Bertz CT molecular complexity index is 795. The minimum Gasteiger partial charge on any atom is -0.350 e. The van der Waals surface area contributed by atoms with Gasteiger partial charge in [-0.3, -0.25) is 4.79 Å². The quantitative estimate of drug-likeness (QED) is 0.804. The molecule has 0 saturated heterocycles. The topological polar surface area (TPSA) is 59.3 Å². The zero-order valence-electron chi connectivity index (χ0n) is 11.3. The predicted molar refractivity (Wildman–Crippen MR) is 78.0 cm³/mol. The summed E-state index contributed by atoms with van der Waals surface area (Å²) in [6, 6.07) is 6.55. The lowest BCUT2D eigenvalue weighted by atomic mass is 10.1. The van der Waals surface area contributed by atoms with Gasteiger partial charge in [-0.2, -0.15) is 9.61 Å². The van der Waals surface area contributed by atoms with Crippen molar-refractivity contribution in [3.05, 3.63) is 52.5 Å². The third-order valence-corrected chi connectivity index (χ3v) is 3.85. The second-order valence-electron chi connectivity index (χ2n) is 4.58. The number of carbonyl (C=O) groups is 1. The van der Waals surface area contributed by atoms with Gasteiger partial charge in [0.05, 0.1) is 5.69 Å². The first kappa shape index (κ1) is 13.7. The van der Waals surface area contributed by atoms with Crippen LogP contribution in [0, 0.1) is 12.7 Å². The lowest BCUT2D eigenvalue weighted by molar-refractivity contribution is 0.0946. The maximum Gasteiger partial charge on any atom is 0.271 e. The average Bonchev–Trinajstić information content (AvgIpc) is 3.00. The van der Waals surface area contributed by atoms with Crippen molar-refractivity contribution in [2.75, 3.05) is 6.54 Å². The van der Waals surface area contributed by atoms with Crippen LogP contribution in [0.3, 0.4) is 0 Å². The van der Waals surface area contributed by atoms with Gasteiger partial charge in [0.2, 0.25) is 4.96 Å². The van der Waals surface area contributed by atoms with Gasteiger partial charge < -0.3 is 5.32 Å². The third kappa shape index (κ3) is 2.64. The summed E-state index contributed by atoms with van der Waals surface area (Å²) < 4.78 is 15.0. The number of nitrogens with one attached hydrogen (secondary N) is 1. The smallest absolute Gasteiger partial charge is 0.271 e. The number of halogens is 1. The van der Waals surface area contributed by atoms with E-state index >= 15 is 0 Å². The Morgan fingerprint density at radius 2 is 2.24 bits per heavy atom. The van der Waals surface area contributed by atoms with Gasteiger partial charge in [0.25, 0.3) is 5.91 Å². The van der Waals surface area contributed by atoms with E-state index in [0.717, 1.165) is 0 Å². The van der Waals surface area contributed by atoms with Crippen LogP contribution < -0.4 is 5.32 Å². The number of aromatic nitrogens is 3. The first-order valence-corrected chi connectivity index (χ1v) is 7.35. The fourth-order valence-electron chi connectivity index (χ4n) is 2.15. The molecular weight excluding hydrogens is 291 g/mol. The second kappa shape index (κ2) is 5.61. The predicted octanol–water partition coefficient (Wildman–Crippen LogP) is 2.21. The highest BCUT2D eigenvalue weighted by atomic mass is 32.1. The molecule has 0 fully saturated rings. The van der Waals surface area contributed by atoms with Crippen LogP contribution in [0.5, 0.6) is 0 Å². The van der Waals surface area contributed by atoms with Gasteiger partial charge in [0.15, 0.2) is 5.69 Å². The van der Waals surface area contributed by atoms with Gasteiger partial charge in [-0.15, -0.1) is 0 Å². The SMILES string of the molecule is Cc1nc2scnn2c1C(=O)NCCc1ccccc1F. The summed E-state index contributed by atoms with van der Waals surface area (Å²) in [4.78, 5) is 17.2. The van der Waals surface area contributed by atoms with E-state index in [9.17, 15) is 9.18 Å². The molecule has 2 aromatic heterocycles. The minimum atomic E-state index is -0.255. The molecule has 0 spiro atoms. The molecule has 0 saturated carbocycles. The summed E-state index contributed by atoms with van der Waals surface area (Å²) >= 11 is 1.37. The summed E-state index contributed by atoms with van der Waals surface area (Å²) in [5.74, 6) is -0.503. The normalized spacial score (nSPS) is 11.0. The summed E-state index contributed by atoms with van der Waals surface area (Å²) in [5.41, 5.74) is 3.29. The van der Waals surface area contributed by atoms with Crippen LogP contribution in [-0.2, 0) is 6.42 Å². The number of nitrogens with zero attached hydrogens (tertiary/aromatic N) is 3. The Kier molecular flexibility index (Phi) is 3.66. The number of imidazole rings is 1. The van der Waals surface area contributed by atoms with Crippen molar-refractivity contribution in [1.82, 2.24) is 19.9 Å². The second-order valence-corrected chi connectivity index (χ2v) is 5.39. The molecule has 1 amide bonds. The molecule has 0 aliphatic rings. The van der Waals surface area contributed by atoms with E-state index in [1.54, 1.807) is 30.6 Å². The van der Waals surface area contributed by atoms with Crippen LogP contribution in [-0.4, -0.2) is 27.0 Å². The summed E-state index contributed by atoms with van der Waals surface area (Å²) in [5, 5.41) is 6.87. The van der Waals surface area contributed by atoms with Crippen molar-refractivity contribution in [1.29, 1.82) is 0 Å². The van der Waals surface area contributed by atoms with Gasteiger partial charge in [0, 0.05) is 6.54 Å². The monoisotopic (exact) mass is 304 g/mol. The van der Waals surface area contributed by atoms with Gasteiger partial charge in [-0.05, 0) is 25.0 Å². The van der Waals surface area contributed by atoms with Crippen LogP contribution in [0.15, 0.2) is 29.8 Å². The van der Waals surface area contributed by atoms with Crippen molar-refractivity contribution in [2.24, 2.45) is 0 Å². The molecule has 0 aliphatic heterocycles. The van der Waals surface area contributed by atoms with Crippen LogP contribution in [0.25, 0.3) is 4.96 Å². The number of rotatable bonds is 4. The van der Waals surface area contributed by atoms with E-state index in [1.165, 1.54) is 21.9 Å². The molecule has 3 rings (SSSR count). The molecule has 0 aliphatic carbocycles. The van der Waals surface area contributed by atoms with Crippen molar-refractivity contribution in [2.45, 2.75) is 13.3 Å². The molecule has 7 heteroatoms. The zero-order valence-corrected chi connectivity index (χ0v) is 12.2. The molecule has 0 unspecified atom stereocenters. The number of benzene rings is 1. The molecule has 0 atom stereocenters. The molecule has 1 N–H and O–H groups in total. The summed E-state index contributed by atoms with van der Waals surface area (Å²) in [6.07, 6.45) is 0.441. The first-order chi connectivity index (χ1) is 10.2. The standard InChI is InChI=1S/C14H13FN4OS/c1-9-12(19-14(18-9)21-8-17-19)13(20)16-7-6-10-4-2-3-5-11(10)15/h2-5,8H,6-7H2,1H3,(H,16,20). The Labute approximate surface area is 124 Å². The van der Waals surface area contributed by atoms with E-state index in [0.29, 0.717) is 34.9 Å². The highest BCUT2D eigenvalue weighted by molar-refractivity contribution is 7.14. The highest BCUT2D eigenvalue weighted by Crippen LogP contribution is 2.14. The van der Waals surface area contributed by atoms with Gasteiger partial charge in [-0.1, -0.05) is 29.5 Å². The Morgan fingerprint density at radius 1 is 1.43 bits per heavy atom. The van der Waals surface area contributed by atoms with Gasteiger partial charge >= 0.3 is 0 Å². The van der Waals surface area contributed by atoms with Crippen LogP contribution >= 0.6 is 11.3 Å². The molecule has 1 aromatic carbocycles. The van der Waals surface area contributed by atoms with E-state index in [1.807, 2.05) is 0 Å². The van der Waals surface area contributed by atoms with Crippen LogP contribution in [0.2, 0.25) is 0 Å². The maximum atomic E-state index is 13.5. The molecule has 108 valence electrons. The van der Waals surface area contributed by atoms with E-state index < -0.39 is 0 Å². The highest BCUT2D eigenvalue weighted by Gasteiger charge is 2.18. The number of carbonyl (C=O) groups excluding carboxylic acids is 1. The molecule has 2 heterocycles. The van der Waals surface area contributed by atoms with E-state index in [4.69, 9.17) is 0 Å². The Hall–Kier alpha value is -2.28. The van der Waals surface area contributed by atoms with Crippen LogP contribution in [0.4, 0.5) is 4.39 Å². The molecule has 3 aromatic rings. The number of amides is 1. The fourth-order valence-corrected chi connectivity index (χ4v) is 2.81. The third-order valence-electron chi connectivity index (χ3n) is 3.17. The van der Waals surface area contributed by atoms with Crippen molar-refractivity contribution in [3.63, 3.8) is 0 Å². The fraction of sp³-hybridized carbons (Fsp3) is 0.214. The van der Waals surface area contributed by atoms with E-state index in [-0.39, 0.29) is 11.7 Å². The maximum absolute atomic E-state index is 13.5. The molecular formula is C14H13FN4OS. The Morgan fingerprint density at radius 3 is 3.05 bits per heavy atom. The first-order valence-electron chi connectivity index (χ1n) is 6.47. The van der Waals surface area contributed by atoms with Gasteiger partial charge in [0.1, 0.15) is 11.3 Å². The molecule has 21 heavy (non-hydrogen) atoms. The summed E-state index contributed by atoms with van der Waals surface area (Å²) in [7, 11) is 0. The van der Waals surface area contributed by atoms with Crippen molar-refractivity contribution in [3.8, 4) is 0 Å². The number of hydrogen-bond donors (Lipinski definition) is 1. The largest absolute Gasteiger partial charge is 0.350 e. The van der Waals surface area contributed by atoms with Crippen molar-refractivity contribution < 1.29 is 9.18 Å². The number of aryl methyl sites for hydroxylation is 1. The lowest BCUT2D eigenvalue weighted by Gasteiger charge is -2.05. The molecule has 0 radical (unpaired) electrons. The Balaban J connectivity index is 1.68. The minimum absolute atomic E-state index is 0.248. The van der Waals surface area contributed by atoms with Crippen molar-refractivity contribution >= 4 is 22.2 Å². The number of fused-ring (bicyclic) bond motifs is 1. The lowest BCUT2D eigenvalue weighted by Crippen LogP contribution is -2.27. The van der Waals surface area contributed by atoms with Crippen LogP contribution in [0.1, 0.15) is 21.7 Å². The van der Waals surface area contributed by atoms with E-state index in [2.05, 4.69) is 15.4 Å². The summed E-state index contributed by atoms with van der Waals surface area (Å²) in [6.45, 7) is 2.13. The zero-order chi connectivity index (χ0) is 14.8. The number of hydrogen-bond acceptors (Lipinski definition) is 4. The molecule has 5 nitrogen and oxygen atoms in total. The molecule has 0 bridgehead atoms. The van der Waals surface area contributed by atoms with Gasteiger partial charge in [-0.25, -0.2) is 9.37 Å².